The molecule has 1 amide bonds. The summed E-state index contributed by atoms with van der Waals surface area (Å²) in [4.78, 5) is 41.5. The Kier molecular flexibility index (Phi) is 5.77. The van der Waals surface area contributed by atoms with Crippen LogP contribution in [0.15, 0.2) is 53.6 Å². The van der Waals surface area contributed by atoms with E-state index in [9.17, 15) is 19.7 Å². The van der Waals surface area contributed by atoms with Gasteiger partial charge in [-0.15, -0.1) is 11.3 Å². The van der Waals surface area contributed by atoms with Crippen molar-refractivity contribution in [3.63, 3.8) is 0 Å². The number of nitrogens with zero attached hydrogens (tertiary/aromatic N) is 3. The number of benzene rings is 2. The van der Waals surface area contributed by atoms with E-state index in [0.29, 0.717) is 20.8 Å². The number of thiophene rings is 1. The second-order valence-electron chi connectivity index (χ2n) is 7.22. The van der Waals surface area contributed by atoms with Gasteiger partial charge in [-0.1, -0.05) is 29.8 Å². The van der Waals surface area contributed by atoms with Crippen LogP contribution < -0.4 is 10.9 Å². The Hall–Kier alpha value is -3.56. The SMILES string of the molecule is Cc1ccc([N+](=O)[O-])c(NC(=O)Cn2cnc3cc(-c4ccc(Cl)cc4)sc3c2=O)c1C. The van der Waals surface area contributed by atoms with Crippen molar-refractivity contribution in [1.82, 2.24) is 9.55 Å². The van der Waals surface area contributed by atoms with Crippen molar-refractivity contribution >= 4 is 50.4 Å². The number of anilines is 1. The third-order valence-corrected chi connectivity index (χ3v) is 6.53. The number of halogens is 1. The zero-order valence-electron chi connectivity index (χ0n) is 17.1. The number of rotatable bonds is 5. The molecule has 0 spiro atoms. The molecule has 10 heteroatoms. The molecule has 0 atom stereocenters. The highest BCUT2D eigenvalue weighted by molar-refractivity contribution is 7.22. The number of hydrogen-bond acceptors (Lipinski definition) is 6. The van der Waals surface area contributed by atoms with E-state index < -0.39 is 10.8 Å². The molecule has 4 rings (SSSR count). The molecule has 1 N–H and O–H groups in total. The summed E-state index contributed by atoms with van der Waals surface area (Å²) < 4.78 is 1.61. The molecule has 0 aliphatic carbocycles. The fourth-order valence-electron chi connectivity index (χ4n) is 3.26. The van der Waals surface area contributed by atoms with Gasteiger partial charge in [0.05, 0.1) is 16.8 Å². The number of aryl methyl sites for hydroxylation is 1. The van der Waals surface area contributed by atoms with Crippen LogP contribution in [0.25, 0.3) is 20.7 Å². The standard InChI is InChI=1S/C22H17ClN4O4S/c1-12-3-8-17(27(30)31)20(13(12)2)25-19(28)10-26-11-24-16-9-18(32-21(16)22(26)29)14-4-6-15(23)7-5-14/h3-9,11H,10H2,1-2H3,(H,25,28). The van der Waals surface area contributed by atoms with Gasteiger partial charge in [-0.3, -0.25) is 24.3 Å². The Bertz CT molecular complexity index is 1430. The van der Waals surface area contributed by atoms with E-state index in [0.717, 1.165) is 16.0 Å². The topological polar surface area (TPSA) is 107 Å². The van der Waals surface area contributed by atoms with Crippen LogP contribution in [0.3, 0.4) is 0 Å². The maximum absolute atomic E-state index is 12.9. The molecule has 32 heavy (non-hydrogen) atoms. The van der Waals surface area contributed by atoms with E-state index in [-0.39, 0.29) is 23.5 Å². The van der Waals surface area contributed by atoms with Crippen LogP contribution in [0.4, 0.5) is 11.4 Å². The lowest BCUT2D eigenvalue weighted by atomic mass is 10.1. The summed E-state index contributed by atoms with van der Waals surface area (Å²) in [5.74, 6) is -0.556. The molecule has 2 heterocycles. The van der Waals surface area contributed by atoms with E-state index in [4.69, 9.17) is 11.6 Å². The summed E-state index contributed by atoms with van der Waals surface area (Å²) in [6.45, 7) is 3.17. The summed E-state index contributed by atoms with van der Waals surface area (Å²) in [7, 11) is 0. The van der Waals surface area contributed by atoms with Gasteiger partial charge >= 0.3 is 0 Å². The third-order valence-electron chi connectivity index (χ3n) is 5.12. The Balaban J connectivity index is 1.63. The fraction of sp³-hybridized carbons (Fsp3) is 0.136. The Morgan fingerprint density at radius 1 is 1.22 bits per heavy atom. The van der Waals surface area contributed by atoms with Gasteiger partial charge in [0.25, 0.3) is 11.2 Å². The number of amides is 1. The second kappa shape index (κ2) is 8.52. The van der Waals surface area contributed by atoms with Crippen LogP contribution in [0.2, 0.25) is 5.02 Å². The van der Waals surface area contributed by atoms with Gasteiger partial charge in [-0.25, -0.2) is 4.98 Å². The normalized spacial score (nSPS) is 11.0. The molecule has 0 aliphatic rings. The summed E-state index contributed by atoms with van der Waals surface area (Å²) >= 11 is 7.22. The number of fused-ring (bicyclic) bond motifs is 1. The average molecular weight is 469 g/mol. The van der Waals surface area contributed by atoms with Gasteiger partial charge < -0.3 is 5.32 Å². The Labute approximate surface area is 191 Å². The van der Waals surface area contributed by atoms with E-state index >= 15 is 0 Å². The lowest BCUT2D eigenvalue weighted by Crippen LogP contribution is -2.27. The molecule has 0 radical (unpaired) electrons. The predicted octanol–water partition coefficient (Wildman–Crippen LogP) is 4.94. The summed E-state index contributed by atoms with van der Waals surface area (Å²) in [6.07, 6.45) is 1.31. The molecular weight excluding hydrogens is 452 g/mol. The van der Waals surface area contributed by atoms with Crippen molar-refractivity contribution in [2.24, 2.45) is 0 Å². The number of hydrogen-bond donors (Lipinski definition) is 1. The van der Waals surface area contributed by atoms with Crippen molar-refractivity contribution in [3.05, 3.63) is 85.4 Å². The molecule has 2 aromatic heterocycles. The van der Waals surface area contributed by atoms with E-state index in [1.54, 1.807) is 32.0 Å². The number of nitro benzene ring substituents is 1. The first kappa shape index (κ1) is 21.7. The first-order chi connectivity index (χ1) is 15.2. The molecule has 162 valence electrons. The maximum Gasteiger partial charge on any atom is 0.293 e. The molecule has 0 unspecified atom stereocenters. The molecule has 2 aromatic carbocycles. The number of carbonyl (C=O) groups is 1. The summed E-state index contributed by atoms with van der Waals surface area (Å²) in [5, 5.41) is 14.5. The minimum absolute atomic E-state index is 0.128. The predicted molar refractivity (Wildman–Crippen MR) is 126 cm³/mol. The number of carbonyl (C=O) groups excluding carboxylic acids is 1. The highest BCUT2D eigenvalue weighted by Gasteiger charge is 2.20. The first-order valence-electron chi connectivity index (χ1n) is 9.54. The molecule has 8 nitrogen and oxygen atoms in total. The number of aromatic nitrogens is 2. The van der Waals surface area contributed by atoms with Crippen LogP contribution in [0, 0.1) is 24.0 Å². The van der Waals surface area contributed by atoms with Crippen molar-refractivity contribution in [3.8, 4) is 10.4 Å². The van der Waals surface area contributed by atoms with Crippen LogP contribution in [0.5, 0.6) is 0 Å². The van der Waals surface area contributed by atoms with Crippen LogP contribution >= 0.6 is 22.9 Å². The van der Waals surface area contributed by atoms with Gasteiger partial charge in [-0.2, -0.15) is 0 Å². The molecule has 0 saturated heterocycles. The molecule has 4 aromatic rings. The van der Waals surface area contributed by atoms with Crippen molar-refractivity contribution in [2.75, 3.05) is 5.32 Å². The van der Waals surface area contributed by atoms with Crippen molar-refractivity contribution in [1.29, 1.82) is 0 Å². The smallest absolute Gasteiger partial charge is 0.293 e. The molecule has 0 saturated carbocycles. The first-order valence-corrected chi connectivity index (χ1v) is 10.7. The molecule has 0 aliphatic heterocycles. The third kappa shape index (κ3) is 4.12. The number of nitrogens with one attached hydrogen (secondary N) is 1. The van der Waals surface area contributed by atoms with Gasteiger partial charge in [0.2, 0.25) is 5.91 Å². The van der Waals surface area contributed by atoms with Gasteiger partial charge in [-0.05, 0) is 48.7 Å². The van der Waals surface area contributed by atoms with Crippen LogP contribution in [-0.2, 0) is 11.3 Å². The lowest BCUT2D eigenvalue weighted by Gasteiger charge is -2.11. The van der Waals surface area contributed by atoms with E-state index in [1.165, 1.54) is 28.3 Å². The van der Waals surface area contributed by atoms with Crippen LogP contribution in [-0.4, -0.2) is 20.4 Å². The molecule has 0 bridgehead atoms. The van der Waals surface area contributed by atoms with E-state index in [2.05, 4.69) is 10.3 Å². The summed E-state index contributed by atoms with van der Waals surface area (Å²) in [6, 6.07) is 12.0. The van der Waals surface area contributed by atoms with Crippen LogP contribution in [0.1, 0.15) is 11.1 Å². The quantitative estimate of drug-likeness (QED) is 0.329. The average Bonchev–Trinajstić information content (AvgIpc) is 3.19. The van der Waals surface area contributed by atoms with Gasteiger partial charge in [0.1, 0.15) is 16.9 Å². The largest absolute Gasteiger partial charge is 0.319 e. The second-order valence-corrected chi connectivity index (χ2v) is 8.71. The highest BCUT2D eigenvalue weighted by atomic mass is 35.5. The van der Waals surface area contributed by atoms with Crippen molar-refractivity contribution < 1.29 is 9.72 Å². The zero-order chi connectivity index (χ0) is 23.0. The minimum atomic E-state index is -0.556. The van der Waals surface area contributed by atoms with E-state index in [1.807, 2.05) is 18.2 Å². The fourth-order valence-corrected chi connectivity index (χ4v) is 4.45. The monoisotopic (exact) mass is 468 g/mol. The Morgan fingerprint density at radius 3 is 2.62 bits per heavy atom. The zero-order valence-corrected chi connectivity index (χ0v) is 18.7. The van der Waals surface area contributed by atoms with Crippen molar-refractivity contribution in [2.45, 2.75) is 20.4 Å². The minimum Gasteiger partial charge on any atom is -0.319 e. The lowest BCUT2D eigenvalue weighted by molar-refractivity contribution is -0.384. The molecular formula is C22H17ClN4O4S. The highest BCUT2D eigenvalue weighted by Crippen LogP contribution is 2.32. The Morgan fingerprint density at radius 2 is 1.94 bits per heavy atom. The van der Waals surface area contributed by atoms with Gasteiger partial charge in [0.15, 0.2) is 0 Å². The van der Waals surface area contributed by atoms with Gasteiger partial charge in [0, 0.05) is 16.0 Å². The number of nitro groups is 1. The maximum atomic E-state index is 12.9. The molecule has 0 fully saturated rings. The summed E-state index contributed by atoms with van der Waals surface area (Å²) in [5.41, 5.74) is 2.41.